The van der Waals surface area contributed by atoms with Crippen LogP contribution in [-0.4, -0.2) is 40.8 Å². The molecular weight excluding hydrogens is 280 g/mol. The van der Waals surface area contributed by atoms with Crippen LogP contribution >= 0.6 is 0 Å². The maximum atomic E-state index is 11.5. The summed E-state index contributed by atoms with van der Waals surface area (Å²) >= 11 is 0. The number of hydrogen-bond donors (Lipinski definition) is 1. The Balaban J connectivity index is 1.54. The Labute approximate surface area is 129 Å². The van der Waals surface area contributed by atoms with Crippen LogP contribution in [0.4, 0.5) is 0 Å². The van der Waals surface area contributed by atoms with E-state index in [1.165, 1.54) is 0 Å². The molecule has 116 valence electrons. The molecule has 1 N–H and O–H groups in total. The second kappa shape index (κ2) is 6.70. The number of nitrogens with one attached hydrogen (secondary N) is 1. The van der Waals surface area contributed by atoms with Gasteiger partial charge < -0.3 is 5.32 Å². The Hall–Kier alpha value is -2.21. The molecule has 1 atom stereocenters. The zero-order chi connectivity index (χ0) is 15.4. The highest BCUT2D eigenvalue weighted by molar-refractivity contribution is 5.77. The molecule has 22 heavy (non-hydrogen) atoms. The molecule has 1 aliphatic rings. The Morgan fingerprint density at radius 3 is 3.27 bits per heavy atom. The van der Waals surface area contributed by atoms with Gasteiger partial charge in [-0.25, -0.2) is 4.63 Å². The smallest absolute Gasteiger partial charge is 0.223 e. The van der Waals surface area contributed by atoms with E-state index in [0.717, 1.165) is 49.2 Å². The van der Waals surface area contributed by atoms with Crippen molar-refractivity contribution in [3.8, 4) is 0 Å². The highest BCUT2D eigenvalue weighted by atomic mass is 16.6. The molecule has 1 aromatic carbocycles. The van der Waals surface area contributed by atoms with Crippen molar-refractivity contribution in [1.29, 1.82) is 0 Å². The van der Waals surface area contributed by atoms with Crippen LogP contribution in [0.3, 0.4) is 0 Å². The molecule has 0 unspecified atom stereocenters. The summed E-state index contributed by atoms with van der Waals surface area (Å²) < 4.78 is 4.80. The Bertz CT molecular complexity index is 667. The van der Waals surface area contributed by atoms with Gasteiger partial charge in [0.15, 0.2) is 0 Å². The van der Waals surface area contributed by atoms with Gasteiger partial charge in [-0.15, -0.1) is 6.58 Å². The minimum absolute atomic E-state index is 0.0480. The summed E-state index contributed by atoms with van der Waals surface area (Å²) in [7, 11) is 0. The third kappa shape index (κ3) is 3.33. The molecule has 0 saturated carbocycles. The first-order chi connectivity index (χ1) is 10.8. The quantitative estimate of drug-likeness (QED) is 0.823. The first-order valence-corrected chi connectivity index (χ1v) is 7.56. The van der Waals surface area contributed by atoms with Crippen LogP contribution in [0.25, 0.3) is 11.0 Å². The number of aromatic nitrogens is 2. The molecule has 0 aliphatic carbocycles. The number of benzene rings is 1. The summed E-state index contributed by atoms with van der Waals surface area (Å²) in [5, 5.41) is 10.8. The van der Waals surface area contributed by atoms with Gasteiger partial charge in [-0.05, 0) is 40.8 Å². The summed E-state index contributed by atoms with van der Waals surface area (Å²) in [6.45, 7) is 7.16. The predicted octanol–water partition coefficient (Wildman–Crippen LogP) is 1.74. The molecule has 1 fully saturated rings. The average Bonchev–Trinajstić information content (AvgIpc) is 3.15. The first kappa shape index (κ1) is 14.7. The van der Waals surface area contributed by atoms with E-state index in [9.17, 15) is 4.79 Å². The van der Waals surface area contributed by atoms with Gasteiger partial charge in [0, 0.05) is 26.1 Å². The normalized spacial score (nSPS) is 18.6. The monoisotopic (exact) mass is 300 g/mol. The predicted molar refractivity (Wildman–Crippen MR) is 83.0 cm³/mol. The summed E-state index contributed by atoms with van der Waals surface area (Å²) in [5.74, 6) is 0.551. The van der Waals surface area contributed by atoms with Gasteiger partial charge in [0.25, 0.3) is 0 Å². The second-order valence-corrected chi connectivity index (χ2v) is 5.74. The lowest BCUT2D eigenvalue weighted by Gasteiger charge is -2.16. The van der Waals surface area contributed by atoms with Gasteiger partial charge >= 0.3 is 0 Å². The fourth-order valence-electron chi connectivity index (χ4n) is 2.92. The lowest BCUT2D eigenvalue weighted by atomic mass is 10.1. The molecule has 1 amide bonds. The van der Waals surface area contributed by atoms with Crippen molar-refractivity contribution in [2.24, 2.45) is 5.92 Å². The molecule has 2 heterocycles. The number of carbonyl (C=O) groups is 1. The molecule has 0 radical (unpaired) electrons. The summed E-state index contributed by atoms with van der Waals surface area (Å²) in [5.41, 5.74) is 2.77. The summed E-state index contributed by atoms with van der Waals surface area (Å²) in [6.07, 6.45) is 3.11. The number of carbonyl (C=O) groups excluding carboxylic acids is 1. The molecule has 0 bridgehead atoms. The minimum Gasteiger partial charge on any atom is -0.356 e. The zero-order valence-electron chi connectivity index (χ0n) is 12.5. The second-order valence-electron chi connectivity index (χ2n) is 5.74. The van der Waals surface area contributed by atoms with Gasteiger partial charge in [-0.1, -0.05) is 18.2 Å². The highest BCUT2D eigenvalue weighted by Gasteiger charge is 2.23. The van der Waals surface area contributed by atoms with Gasteiger partial charge in [-0.3, -0.25) is 9.69 Å². The topological polar surface area (TPSA) is 71.3 Å². The zero-order valence-corrected chi connectivity index (χ0v) is 12.5. The third-order valence-electron chi connectivity index (χ3n) is 4.05. The Morgan fingerprint density at radius 2 is 2.41 bits per heavy atom. The van der Waals surface area contributed by atoms with Crippen LogP contribution in [0, 0.1) is 5.92 Å². The van der Waals surface area contributed by atoms with Crippen molar-refractivity contribution in [2.75, 3.05) is 19.6 Å². The fourth-order valence-corrected chi connectivity index (χ4v) is 2.92. The number of rotatable bonds is 6. The van der Waals surface area contributed by atoms with E-state index >= 15 is 0 Å². The average molecular weight is 300 g/mol. The number of hydrogen-bond acceptors (Lipinski definition) is 5. The Kier molecular flexibility index (Phi) is 4.48. The van der Waals surface area contributed by atoms with E-state index in [-0.39, 0.29) is 5.91 Å². The van der Waals surface area contributed by atoms with Crippen molar-refractivity contribution in [2.45, 2.75) is 19.4 Å². The lowest BCUT2D eigenvalue weighted by molar-refractivity contribution is -0.120. The highest BCUT2D eigenvalue weighted by Crippen LogP contribution is 2.21. The van der Waals surface area contributed by atoms with E-state index in [1.807, 2.05) is 12.1 Å². The van der Waals surface area contributed by atoms with E-state index in [4.69, 9.17) is 4.63 Å². The van der Waals surface area contributed by atoms with Crippen LogP contribution in [0.2, 0.25) is 0 Å². The molecule has 6 nitrogen and oxygen atoms in total. The van der Waals surface area contributed by atoms with Crippen LogP contribution in [-0.2, 0) is 11.3 Å². The van der Waals surface area contributed by atoms with Crippen molar-refractivity contribution >= 4 is 16.9 Å². The molecule has 2 aromatic rings. The van der Waals surface area contributed by atoms with Crippen molar-refractivity contribution in [1.82, 2.24) is 20.5 Å². The molecule has 3 rings (SSSR count). The van der Waals surface area contributed by atoms with Crippen LogP contribution in [0.5, 0.6) is 0 Å². The number of fused-ring (bicyclic) bond motifs is 1. The van der Waals surface area contributed by atoms with E-state index in [2.05, 4.69) is 33.2 Å². The number of likely N-dealkylation sites (tertiary alicyclic amines) is 1. The van der Waals surface area contributed by atoms with E-state index in [0.29, 0.717) is 12.3 Å². The summed E-state index contributed by atoms with van der Waals surface area (Å²) in [4.78, 5) is 13.9. The molecule has 0 spiro atoms. The minimum atomic E-state index is 0.0480. The number of amides is 1. The molecule has 1 aliphatic heterocycles. The number of nitrogens with zero attached hydrogens (tertiary/aromatic N) is 3. The van der Waals surface area contributed by atoms with E-state index in [1.54, 1.807) is 6.08 Å². The molecule has 1 aromatic heterocycles. The third-order valence-corrected chi connectivity index (χ3v) is 4.05. The lowest BCUT2D eigenvalue weighted by Crippen LogP contribution is -2.30. The molecular formula is C16H20N4O2. The van der Waals surface area contributed by atoms with Gasteiger partial charge in [-0.2, -0.15) is 0 Å². The standard InChI is InChI=1S/C16H20N4O2/c1-2-4-15(21)17-9-12-7-8-20(10-12)11-13-5-3-6-14-16(13)19-22-18-14/h2-3,5-6,12H,1,4,7-11H2,(H,17,21)/t12-/m0/s1. The van der Waals surface area contributed by atoms with Crippen molar-refractivity contribution in [3.63, 3.8) is 0 Å². The fraction of sp³-hybridized carbons (Fsp3) is 0.438. The van der Waals surface area contributed by atoms with E-state index < -0.39 is 0 Å². The SMILES string of the molecule is C=CCC(=O)NC[C@@H]1CCN(Cc2cccc3nonc23)C1. The Morgan fingerprint density at radius 1 is 1.50 bits per heavy atom. The maximum Gasteiger partial charge on any atom is 0.223 e. The maximum absolute atomic E-state index is 11.5. The summed E-state index contributed by atoms with van der Waals surface area (Å²) in [6, 6.07) is 5.94. The van der Waals surface area contributed by atoms with Gasteiger partial charge in [0.1, 0.15) is 11.0 Å². The van der Waals surface area contributed by atoms with Crippen molar-refractivity contribution in [3.05, 3.63) is 36.4 Å². The van der Waals surface area contributed by atoms with Crippen LogP contribution in [0.1, 0.15) is 18.4 Å². The van der Waals surface area contributed by atoms with Crippen LogP contribution < -0.4 is 5.32 Å². The first-order valence-electron chi connectivity index (χ1n) is 7.56. The largest absolute Gasteiger partial charge is 0.356 e. The molecule has 1 saturated heterocycles. The van der Waals surface area contributed by atoms with Gasteiger partial charge in [0.05, 0.1) is 0 Å². The van der Waals surface area contributed by atoms with Crippen molar-refractivity contribution < 1.29 is 9.42 Å². The molecule has 6 heteroatoms. The van der Waals surface area contributed by atoms with Crippen LogP contribution in [0.15, 0.2) is 35.5 Å². The van der Waals surface area contributed by atoms with Gasteiger partial charge in [0.2, 0.25) is 5.91 Å².